The summed E-state index contributed by atoms with van der Waals surface area (Å²) in [5, 5.41) is 27.5. The minimum Gasteiger partial charge on any atom is -0.390 e. The molecule has 0 amide bonds. The molecule has 1 aliphatic carbocycles. The standard InChI is InChI=1S/C25H24BrN5O3S/c26-17-9-14-5-3-13(8-18(14)30-24(17)27)4-6-15-10-19(23(34)21(15)32)31-25-16(11-28-12-29-25)22(33)20-2-1-7-35-20/h1-3,5,7-9,11-12,15,19,21,23,32,34H,4,6,10H2,(H2,27,30)(H,28,29,31)/t15-,19+,21+,23-/m0/s1. The van der Waals surface area contributed by atoms with E-state index in [1.807, 2.05) is 35.7 Å². The number of ketones is 1. The molecule has 180 valence electrons. The highest BCUT2D eigenvalue weighted by molar-refractivity contribution is 9.10. The summed E-state index contributed by atoms with van der Waals surface area (Å²) < 4.78 is 0.767. The van der Waals surface area contributed by atoms with Crippen LogP contribution in [0.3, 0.4) is 0 Å². The second-order valence-electron chi connectivity index (χ2n) is 8.74. The van der Waals surface area contributed by atoms with E-state index in [9.17, 15) is 15.0 Å². The van der Waals surface area contributed by atoms with Crippen molar-refractivity contribution in [1.29, 1.82) is 0 Å². The summed E-state index contributed by atoms with van der Waals surface area (Å²) >= 11 is 4.75. The maximum absolute atomic E-state index is 12.9. The summed E-state index contributed by atoms with van der Waals surface area (Å²) in [6.07, 6.45) is 2.95. The van der Waals surface area contributed by atoms with E-state index in [-0.39, 0.29) is 11.7 Å². The fraction of sp³-hybridized carbons (Fsp3) is 0.280. The van der Waals surface area contributed by atoms with Crippen LogP contribution < -0.4 is 11.1 Å². The van der Waals surface area contributed by atoms with Crippen molar-refractivity contribution in [2.75, 3.05) is 11.1 Å². The molecule has 8 nitrogen and oxygen atoms in total. The minimum absolute atomic E-state index is 0.112. The molecule has 1 aromatic carbocycles. The SMILES string of the molecule is Nc1nc2cc(CC[C@H]3C[C@@H](Nc4ncncc4C(=O)c4cccs4)[C@H](O)[C@@H]3O)ccc2cc1Br. The number of thiophene rings is 1. The number of nitrogen functional groups attached to an aromatic ring is 1. The molecular formula is C25H24BrN5O3S. The highest BCUT2D eigenvalue weighted by atomic mass is 79.9. The van der Waals surface area contributed by atoms with Crippen LogP contribution in [0.2, 0.25) is 0 Å². The Morgan fingerprint density at radius 2 is 2.09 bits per heavy atom. The van der Waals surface area contributed by atoms with Crippen molar-refractivity contribution in [2.24, 2.45) is 5.92 Å². The van der Waals surface area contributed by atoms with Gasteiger partial charge in [0, 0.05) is 11.6 Å². The third-order valence-corrected chi connectivity index (χ3v) is 8.00. The molecule has 3 aromatic heterocycles. The van der Waals surface area contributed by atoms with E-state index in [0.717, 1.165) is 27.4 Å². The zero-order chi connectivity index (χ0) is 24.5. The number of nitrogens with one attached hydrogen (secondary N) is 1. The first-order chi connectivity index (χ1) is 16.9. The van der Waals surface area contributed by atoms with E-state index in [1.165, 1.54) is 23.9 Å². The third kappa shape index (κ3) is 4.92. The number of aliphatic hydroxyl groups excluding tert-OH is 2. The number of nitrogens with zero attached hydrogens (tertiary/aromatic N) is 3. The average Bonchev–Trinajstić information content (AvgIpc) is 3.48. The summed E-state index contributed by atoms with van der Waals surface area (Å²) in [6.45, 7) is 0. The van der Waals surface area contributed by atoms with Crippen molar-refractivity contribution in [1.82, 2.24) is 15.0 Å². The lowest BCUT2D eigenvalue weighted by Crippen LogP contribution is -2.35. The van der Waals surface area contributed by atoms with Crippen LogP contribution in [0.25, 0.3) is 10.9 Å². The molecule has 10 heteroatoms. The van der Waals surface area contributed by atoms with Gasteiger partial charge in [0.2, 0.25) is 5.78 Å². The number of carbonyl (C=O) groups is 1. The van der Waals surface area contributed by atoms with Gasteiger partial charge in [-0.15, -0.1) is 11.3 Å². The smallest absolute Gasteiger partial charge is 0.208 e. The Balaban J connectivity index is 1.27. The molecule has 0 bridgehead atoms. The first-order valence-electron chi connectivity index (χ1n) is 11.3. The molecule has 35 heavy (non-hydrogen) atoms. The van der Waals surface area contributed by atoms with Gasteiger partial charge in [0.25, 0.3) is 0 Å². The van der Waals surface area contributed by atoms with Gasteiger partial charge in [0.15, 0.2) is 0 Å². The summed E-state index contributed by atoms with van der Waals surface area (Å²) in [6, 6.07) is 11.1. The molecule has 4 aromatic rings. The Morgan fingerprint density at radius 3 is 2.89 bits per heavy atom. The molecule has 0 aliphatic heterocycles. The number of halogens is 1. The molecule has 1 aliphatic rings. The second kappa shape index (κ2) is 9.98. The Labute approximate surface area is 214 Å². The van der Waals surface area contributed by atoms with Crippen LogP contribution >= 0.6 is 27.3 Å². The molecule has 0 unspecified atom stereocenters. The predicted molar refractivity (Wildman–Crippen MR) is 139 cm³/mol. The number of fused-ring (bicyclic) bond motifs is 1. The molecule has 5 rings (SSSR count). The number of benzene rings is 1. The Bertz CT molecular complexity index is 1370. The van der Waals surface area contributed by atoms with Gasteiger partial charge in [-0.3, -0.25) is 4.79 Å². The lowest BCUT2D eigenvalue weighted by atomic mass is 9.95. The van der Waals surface area contributed by atoms with Crippen molar-refractivity contribution in [3.05, 3.63) is 74.8 Å². The molecule has 3 heterocycles. The van der Waals surface area contributed by atoms with Crippen molar-refractivity contribution >= 4 is 55.6 Å². The number of aryl methyl sites for hydroxylation is 1. The number of hydrogen-bond donors (Lipinski definition) is 4. The number of nitrogens with two attached hydrogens (primary N) is 1. The van der Waals surface area contributed by atoms with Crippen LogP contribution in [0.4, 0.5) is 11.6 Å². The number of aliphatic hydroxyl groups is 2. The van der Waals surface area contributed by atoms with Gasteiger partial charge < -0.3 is 21.3 Å². The van der Waals surface area contributed by atoms with Gasteiger partial charge in [-0.1, -0.05) is 18.2 Å². The lowest BCUT2D eigenvalue weighted by Gasteiger charge is -2.19. The van der Waals surface area contributed by atoms with Crippen LogP contribution in [0, 0.1) is 5.92 Å². The van der Waals surface area contributed by atoms with Crippen molar-refractivity contribution < 1.29 is 15.0 Å². The van der Waals surface area contributed by atoms with Crippen LogP contribution in [0.5, 0.6) is 0 Å². The van der Waals surface area contributed by atoms with Crippen LogP contribution in [0.15, 0.2) is 58.8 Å². The number of aromatic nitrogens is 3. The Kier molecular flexibility index (Phi) is 6.79. The molecule has 5 N–H and O–H groups in total. The first kappa shape index (κ1) is 23.8. The molecule has 0 spiro atoms. The average molecular weight is 554 g/mol. The van der Waals surface area contributed by atoms with E-state index in [1.54, 1.807) is 6.07 Å². The topological polar surface area (TPSA) is 134 Å². The monoisotopic (exact) mass is 553 g/mol. The van der Waals surface area contributed by atoms with Crippen LogP contribution in [-0.2, 0) is 6.42 Å². The maximum atomic E-state index is 12.9. The van der Waals surface area contributed by atoms with Crippen LogP contribution in [-0.4, -0.2) is 49.2 Å². The number of pyridine rings is 1. The minimum atomic E-state index is -0.977. The summed E-state index contributed by atoms with van der Waals surface area (Å²) in [7, 11) is 0. The lowest BCUT2D eigenvalue weighted by molar-refractivity contribution is 0.0158. The molecule has 0 saturated heterocycles. The van der Waals surface area contributed by atoms with Gasteiger partial charge in [-0.05, 0) is 70.3 Å². The van der Waals surface area contributed by atoms with Gasteiger partial charge >= 0.3 is 0 Å². The van der Waals surface area contributed by atoms with Crippen molar-refractivity contribution in [2.45, 2.75) is 37.5 Å². The quantitative estimate of drug-likeness (QED) is 0.254. The predicted octanol–water partition coefficient (Wildman–Crippen LogP) is 3.82. The number of anilines is 2. The third-order valence-electron chi connectivity index (χ3n) is 6.49. The molecule has 1 fully saturated rings. The van der Waals surface area contributed by atoms with Crippen molar-refractivity contribution in [3.8, 4) is 0 Å². The number of hydrogen-bond acceptors (Lipinski definition) is 9. The maximum Gasteiger partial charge on any atom is 0.208 e. The Morgan fingerprint density at radius 1 is 1.23 bits per heavy atom. The number of carbonyl (C=O) groups excluding carboxylic acids is 1. The van der Waals surface area contributed by atoms with E-state index in [0.29, 0.717) is 34.9 Å². The van der Waals surface area contributed by atoms with E-state index >= 15 is 0 Å². The molecular weight excluding hydrogens is 530 g/mol. The fourth-order valence-electron chi connectivity index (χ4n) is 4.59. The van der Waals surface area contributed by atoms with Gasteiger partial charge in [-0.2, -0.15) is 0 Å². The van der Waals surface area contributed by atoms with Gasteiger partial charge in [0.05, 0.1) is 32.6 Å². The van der Waals surface area contributed by atoms with E-state index < -0.39 is 18.2 Å². The van der Waals surface area contributed by atoms with Crippen molar-refractivity contribution in [3.63, 3.8) is 0 Å². The van der Waals surface area contributed by atoms with Gasteiger partial charge in [-0.25, -0.2) is 15.0 Å². The number of rotatable bonds is 7. The highest BCUT2D eigenvalue weighted by Gasteiger charge is 2.41. The first-order valence-corrected chi connectivity index (χ1v) is 12.9. The molecule has 4 atom stereocenters. The largest absolute Gasteiger partial charge is 0.390 e. The highest BCUT2D eigenvalue weighted by Crippen LogP contribution is 2.33. The normalized spacial score (nSPS) is 21.9. The van der Waals surface area contributed by atoms with Crippen LogP contribution in [0.1, 0.15) is 33.6 Å². The molecule has 0 radical (unpaired) electrons. The zero-order valence-corrected chi connectivity index (χ0v) is 21.0. The summed E-state index contributed by atoms with van der Waals surface area (Å²) in [5.41, 5.74) is 8.17. The van der Waals surface area contributed by atoms with Gasteiger partial charge in [0.1, 0.15) is 24.1 Å². The summed E-state index contributed by atoms with van der Waals surface area (Å²) in [4.78, 5) is 26.1. The van der Waals surface area contributed by atoms with E-state index in [4.69, 9.17) is 5.73 Å². The van der Waals surface area contributed by atoms with E-state index in [2.05, 4.69) is 36.2 Å². The fourth-order valence-corrected chi connectivity index (χ4v) is 5.60. The summed E-state index contributed by atoms with van der Waals surface area (Å²) in [5.74, 6) is 0.518. The second-order valence-corrected chi connectivity index (χ2v) is 10.5. The Hall–Kier alpha value is -2.92. The zero-order valence-electron chi connectivity index (χ0n) is 18.6. The molecule has 1 saturated carbocycles.